The number of carbonyl (C=O) groups excluding carboxylic acids is 4. The lowest BCUT2D eigenvalue weighted by Gasteiger charge is -2.36. The Balaban J connectivity index is 1.25. The average molecular weight is 641 g/mol. The minimum atomic E-state index is -1.36. The predicted octanol–water partition coefficient (Wildman–Crippen LogP) is 5.84. The molecule has 1 aliphatic carbocycles. The molecule has 3 aromatic carbocycles. The zero-order valence-corrected chi connectivity index (χ0v) is 26.3. The molecule has 0 N–H and O–H groups in total. The van der Waals surface area contributed by atoms with E-state index in [1.54, 1.807) is 24.3 Å². The van der Waals surface area contributed by atoms with Gasteiger partial charge in [-0.2, -0.15) is 0 Å². The molecule has 6 rings (SSSR count). The Morgan fingerprint density at radius 1 is 0.660 bits per heavy atom. The van der Waals surface area contributed by atoms with Crippen LogP contribution in [0.4, 0.5) is 0 Å². The zero-order chi connectivity index (χ0) is 32.6. The van der Waals surface area contributed by atoms with Crippen molar-refractivity contribution in [3.05, 3.63) is 108 Å². The number of fused-ring (bicyclic) bond motifs is 2. The van der Waals surface area contributed by atoms with Crippen LogP contribution in [0.15, 0.2) is 91.0 Å². The maximum absolute atomic E-state index is 14.0. The molecule has 2 bridgehead atoms. The van der Waals surface area contributed by atoms with Gasteiger partial charge in [0.05, 0.1) is 30.1 Å². The molecular weight excluding hydrogens is 600 g/mol. The van der Waals surface area contributed by atoms with Gasteiger partial charge in [-0.25, -0.2) is 4.79 Å². The number of benzene rings is 3. The van der Waals surface area contributed by atoms with Crippen LogP contribution in [-0.2, 0) is 51.3 Å². The molecule has 0 radical (unpaired) electrons. The van der Waals surface area contributed by atoms with E-state index in [4.69, 9.17) is 23.7 Å². The highest BCUT2D eigenvalue weighted by atomic mass is 16.6. The molecule has 3 aliphatic rings. The monoisotopic (exact) mass is 640 g/mol. The summed E-state index contributed by atoms with van der Waals surface area (Å²) in [7, 11) is 0. The van der Waals surface area contributed by atoms with Crippen molar-refractivity contribution >= 4 is 23.9 Å². The number of carbonyl (C=O) groups is 4. The number of hydrogen-bond donors (Lipinski definition) is 0. The van der Waals surface area contributed by atoms with Gasteiger partial charge < -0.3 is 23.7 Å². The lowest BCUT2D eigenvalue weighted by Crippen LogP contribution is -2.52. The van der Waals surface area contributed by atoms with E-state index in [-0.39, 0.29) is 44.7 Å². The van der Waals surface area contributed by atoms with Crippen LogP contribution in [0.25, 0.3) is 0 Å². The average Bonchev–Trinajstić information content (AvgIpc) is 3.66. The van der Waals surface area contributed by atoms with Crippen LogP contribution in [0, 0.1) is 23.7 Å². The van der Waals surface area contributed by atoms with Crippen LogP contribution in [0.2, 0.25) is 0 Å². The largest absolute Gasteiger partial charge is 0.462 e. The normalized spacial score (nSPS) is 25.1. The van der Waals surface area contributed by atoms with Gasteiger partial charge in [0.1, 0.15) is 31.3 Å². The van der Waals surface area contributed by atoms with E-state index in [0.717, 1.165) is 43.2 Å². The van der Waals surface area contributed by atoms with Crippen LogP contribution < -0.4 is 0 Å². The van der Waals surface area contributed by atoms with Crippen LogP contribution >= 0.6 is 0 Å². The second kappa shape index (κ2) is 14.9. The molecule has 2 aliphatic heterocycles. The smallest absolute Gasteiger partial charge is 0.338 e. The van der Waals surface area contributed by atoms with Gasteiger partial charge in [-0.3, -0.25) is 14.4 Å². The number of esters is 4. The summed E-state index contributed by atoms with van der Waals surface area (Å²) >= 11 is 0. The third-order valence-electron chi connectivity index (χ3n) is 9.53. The molecule has 0 aromatic heterocycles. The van der Waals surface area contributed by atoms with Crippen LogP contribution in [0.5, 0.6) is 0 Å². The molecule has 9 heteroatoms. The topological polar surface area (TPSA) is 114 Å². The van der Waals surface area contributed by atoms with Crippen LogP contribution in [-0.4, -0.2) is 48.8 Å². The van der Waals surface area contributed by atoms with E-state index in [9.17, 15) is 19.2 Å². The molecule has 5 atom stereocenters. The van der Waals surface area contributed by atoms with E-state index in [2.05, 4.69) is 0 Å². The quantitative estimate of drug-likeness (QED) is 0.178. The Kier molecular flexibility index (Phi) is 10.3. The third-order valence-corrected chi connectivity index (χ3v) is 9.53. The van der Waals surface area contributed by atoms with Gasteiger partial charge in [0.25, 0.3) is 0 Å². The highest BCUT2D eigenvalue weighted by Gasteiger charge is 2.69. The van der Waals surface area contributed by atoms with Gasteiger partial charge in [0.15, 0.2) is 0 Å². The van der Waals surface area contributed by atoms with Crippen LogP contribution in [0.1, 0.15) is 60.0 Å². The second-order valence-electron chi connectivity index (χ2n) is 12.7. The van der Waals surface area contributed by atoms with Crippen molar-refractivity contribution in [3.8, 4) is 0 Å². The van der Waals surface area contributed by atoms with E-state index in [1.165, 1.54) is 0 Å². The first-order valence-electron chi connectivity index (χ1n) is 16.4. The van der Waals surface area contributed by atoms with Crippen molar-refractivity contribution in [2.24, 2.45) is 23.7 Å². The minimum absolute atomic E-state index is 0.00266. The zero-order valence-electron chi connectivity index (χ0n) is 26.3. The fourth-order valence-electron chi connectivity index (χ4n) is 7.16. The van der Waals surface area contributed by atoms with Gasteiger partial charge in [-0.05, 0) is 42.5 Å². The van der Waals surface area contributed by atoms with Crippen molar-refractivity contribution in [2.45, 2.75) is 63.4 Å². The first-order valence-corrected chi connectivity index (χ1v) is 16.4. The minimum Gasteiger partial charge on any atom is -0.462 e. The van der Waals surface area contributed by atoms with Crippen molar-refractivity contribution < 1.29 is 42.9 Å². The Morgan fingerprint density at radius 2 is 1.23 bits per heavy atom. The first-order chi connectivity index (χ1) is 22.9. The summed E-state index contributed by atoms with van der Waals surface area (Å²) < 4.78 is 29.7. The summed E-state index contributed by atoms with van der Waals surface area (Å²) in [5, 5.41) is 0. The van der Waals surface area contributed by atoms with Crippen LogP contribution in [0.3, 0.4) is 0 Å². The molecule has 2 saturated heterocycles. The lowest BCUT2D eigenvalue weighted by atomic mass is 9.67. The molecule has 1 saturated carbocycles. The summed E-state index contributed by atoms with van der Waals surface area (Å²) in [5.41, 5.74) is 0.617. The summed E-state index contributed by atoms with van der Waals surface area (Å²) in [6, 6.07) is 27.1. The maximum Gasteiger partial charge on any atom is 0.338 e. The highest BCUT2D eigenvalue weighted by molar-refractivity contribution is 5.89. The van der Waals surface area contributed by atoms with Gasteiger partial charge in [0, 0.05) is 5.92 Å². The van der Waals surface area contributed by atoms with Gasteiger partial charge >= 0.3 is 23.9 Å². The fraction of sp³-hybridized carbons (Fsp3) is 0.421. The van der Waals surface area contributed by atoms with Crippen molar-refractivity contribution in [1.82, 2.24) is 0 Å². The first kappa shape index (κ1) is 32.4. The van der Waals surface area contributed by atoms with Gasteiger partial charge in [0.2, 0.25) is 0 Å². The molecular formula is C38H40O9. The van der Waals surface area contributed by atoms with E-state index in [0.29, 0.717) is 5.56 Å². The SMILES string of the molecule is O=C(OC[C@H]1C[C@]2(COC(=O)C3CCCCC3)O[C@H]1[C@@H](C(=O)OCc1ccccc1)[C@H]2C(=O)OCc1ccccc1)c1ccccc1. The predicted molar refractivity (Wildman–Crippen MR) is 169 cm³/mol. The summed E-state index contributed by atoms with van der Waals surface area (Å²) in [4.78, 5) is 53.9. The van der Waals surface area contributed by atoms with Crippen molar-refractivity contribution in [3.63, 3.8) is 0 Å². The van der Waals surface area contributed by atoms with Crippen molar-refractivity contribution in [2.75, 3.05) is 13.2 Å². The number of ether oxygens (including phenoxy) is 5. The highest BCUT2D eigenvalue weighted by Crippen LogP contribution is 2.55. The molecule has 0 unspecified atom stereocenters. The molecule has 9 nitrogen and oxygen atoms in total. The van der Waals surface area contributed by atoms with E-state index >= 15 is 0 Å². The molecule has 2 heterocycles. The van der Waals surface area contributed by atoms with Gasteiger partial charge in [-0.1, -0.05) is 98.1 Å². The number of hydrogen-bond acceptors (Lipinski definition) is 9. The third kappa shape index (κ3) is 7.57. The van der Waals surface area contributed by atoms with E-state index < -0.39 is 47.4 Å². The summed E-state index contributed by atoms with van der Waals surface area (Å²) in [6.45, 7) is -0.269. The maximum atomic E-state index is 14.0. The lowest BCUT2D eigenvalue weighted by molar-refractivity contribution is -0.172. The summed E-state index contributed by atoms with van der Waals surface area (Å²) in [5.74, 6) is -4.92. The Hall–Kier alpha value is -4.50. The summed E-state index contributed by atoms with van der Waals surface area (Å²) in [6.07, 6.45) is 3.92. The molecule has 0 spiro atoms. The van der Waals surface area contributed by atoms with Crippen molar-refractivity contribution in [1.29, 1.82) is 0 Å². The molecule has 0 amide bonds. The Labute approximate surface area is 274 Å². The molecule has 3 aromatic rings. The molecule has 3 fully saturated rings. The standard InChI is InChI=1S/C38H40O9/c39-34(28-17-9-3-10-18-28)45-24-30-21-38(25-46-35(40)29-19-11-4-12-20-29)32(37(42)44-23-27-15-7-2-8-16-27)31(33(30)47-38)36(41)43-22-26-13-5-1-6-14-26/h1-3,5-10,13-18,29-33H,4,11-12,19-25H2/t30-,31+,32+,33-,38-/m1/s1. The molecule has 47 heavy (non-hydrogen) atoms. The number of rotatable bonds is 12. The Bertz CT molecular complexity index is 1520. The fourth-order valence-corrected chi connectivity index (χ4v) is 7.16. The van der Waals surface area contributed by atoms with Gasteiger partial charge in [-0.15, -0.1) is 0 Å². The second-order valence-corrected chi connectivity index (χ2v) is 12.7. The van der Waals surface area contributed by atoms with E-state index in [1.807, 2.05) is 66.7 Å². The Morgan fingerprint density at radius 3 is 1.85 bits per heavy atom. The molecule has 246 valence electrons.